The second kappa shape index (κ2) is 9.03. The maximum atomic E-state index is 12.2. The van der Waals surface area contributed by atoms with Gasteiger partial charge in [0.05, 0.1) is 33.2 Å². The van der Waals surface area contributed by atoms with E-state index in [2.05, 4.69) is 10.9 Å². The zero-order valence-electron chi connectivity index (χ0n) is 15.0. The van der Waals surface area contributed by atoms with Crippen LogP contribution in [-0.2, 0) is 16.1 Å². The van der Waals surface area contributed by atoms with Gasteiger partial charge in [0, 0.05) is 25.2 Å². The first-order chi connectivity index (χ1) is 13.5. The Bertz CT molecular complexity index is 1030. The molecule has 2 aromatic rings. The monoisotopic (exact) mass is 418 g/mol. The van der Waals surface area contributed by atoms with Gasteiger partial charge >= 0.3 is 0 Å². The summed E-state index contributed by atoms with van der Waals surface area (Å²) in [6, 6.07) is 4.45. The minimum atomic E-state index is -0.472. The lowest BCUT2D eigenvalue weighted by Gasteiger charge is -2.14. The van der Waals surface area contributed by atoms with Crippen molar-refractivity contribution in [2.75, 3.05) is 24.6 Å². The third-order valence-corrected chi connectivity index (χ3v) is 6.20. The average molecular weight is 419 g/mol. The van der Waals surface area contributed by atoms with E-state index in [0.29, 0.717) is 15.0 Å². The van der Waals surface area contributed by atoms with Crippen LogP contribution in [0.25, 0.3) is 10.2 Å². The molecule has 0 radical (unpaired) electrons. The van der Waals surface area contributed by atoms with E-state index in [9.17, 15) is 19.7 Å². The number of nitrogens with zero attached hydrogens (tertiary/aromatic N) is 4. The molecule has 146 valence electrons. The van der Waals surface area contributed by atoms with Gasteiger partial charge in [0.1, 0.15) is 0 Å². The van der Waals surface area contributed by atoms with Gasteiger partial charge in [0.25, 0.3) is 11.6 Å². The topological polar surface area (TPSA) is 97.8 Å². The van der Waals surface area contributed by atoms with Gasteiger partial charge in [-0.15, -0.1) is 18.2 Å². The van der Waals surface area contributed by atoms with Gasteiger partial charge in [0.15, 0.2) is 4.80 Å². The molecule has 1 aliphatic rings. The lowest BCUT2D eigenvalue weighted by Crippen LogP contribution is -2.29. The van der Waals surface area contributed by atoms with E-state index in [1.54, 1.807) is 10.6 Å². The van der Waals surface area contributed by atoms with E-state index in [1.165, 1.54) is 35.2 Å². The number of thiazole rings is 1. The van der Waals surface area contributed by atoms with Gasteiger partial charge in [-0.1, -0.05) is 17.3 Å². The number of amides is 2. The Balaban J connectivity index is 1.75. The van der Waals surface area contributed by atoms with Crippen LogP contribution in [0.5, 0.6) is 0 Å². The molecule has 28 heavy (non-hydrogen) atoms. The molecule has 1 aromatic carbocycles. The number of aromatic nitrogens is 1. The number of nitro benzene ring substituents is 1. The highest BCUT2D eigenvalue weighted by molar-refractivity contribution is 8.00. The molecule has 0 saturated carbocycles. The number of carbonyl (C=O) groups excluding carboxylic acids is 2. The van der Waals surface area contributed by atoms with Crippen molar-refractivity contribution < 1.29 is 14.5 Å². The molecule has 0 N–H and O–H groups in total. The second-order valence-electron chi connectivity index (χ2n) is 6.17. The number of rotatable bonds is 6. The average Bonchev–Trinajstić information content (AvgIpc) is 3.30. The third kappa shape index (κ3) is 4.61. The summed E-state index contributed by atoms with van der Waals surface area (Å²) in [5, 5.41) is 11.0. The fraction of sp³-hybridized carbons (Fsp3) is 0.389. The Kier molecular flexibility index (Phi) is 6.49. The number of benzene rings is 1. The highest BCUT2D eigenvalue weighted by Gasteiger charge is 2.18. The number of non-ortho nitro benzene ring substituents is 1. The molecule has 0 aliphatic carbocycles. The number of nitro groups is 1. The number of likely N-dealkylation sites (tertiary alicyclic amines) is 1. The maximum Gasteiger partial charge on any atom is 0.270 e. The fourth-order valence-electron chi connectivity index (χ4n) is 2.93. The fourth-order valence-corrected chi connectivity index (χ4v) is 4.71. The summed E-state index contributed by atoms with van der Waals surface area (Å²) in [5.41, 5.74) is 0.660. The van der Waals surface area contributed by atoms with Gasteiger partial charge in [-0.2, -0.15) is 4.99 Å². The summed E-state index contributed by atoms with van der Waals surface area (Å²) in [6.45, 7) is 1.78. The Morgan fingerprint density at radius 2 is 2.07 bits per heavy atom. The lowest BCUT2D eigenvalue weighted by molar-refractivity contribution is -0.384. The van der Waals surface area contributed by atoms with Gasteiger partial charge in [-0.3, -0.25) is 19.7 Å². The van der Waals surface area contributed by atoms with Crippen LogP contribution in [-0.4, -0.2) is 50.8 Å². The number of hydrogen-bond acceptors (Lipinski definition) is 6. The second-order valence-corrected chi connectivity index (χ2v) is 8.16. The highest BCUT2D eigenvalue weighted by atomic mass is 32.2. The SMILES string of the molecule is C#CCn1c(=NC(=O)CSCC(=O)N2CCCC2)sc2cc([N+](=O)[O-])ccc21. The molecule has 0 atom stereocenters. The minimum absolute atomic E-state index is 0.0320. The number of fused-ring (bicyclic) bond motifs is 1. The Hall–Kier alpha value is -2.64. The van der Waals surface area contributed by atoms with Crippen molar-refractivity contribution in [3.63, 3.8) is 0 Å². The zero-order valence-corrected chi connectivity index (χ0v) is 16.6. The van der Waals surface area contributed by atoms with Crippen molar-refractivity contribution in [3.05, 3.63) is 33.1 Å². The summed E-state index contributed by atoms with van der Waals surface area (Å²) in [5.74, 6) is 2.53. The summed E-state index contributed by atoms with van der Waals surface area (Å²) in [7, 11) is 0. The van der Waals surface area contributed by atoms with E-state index < -0.39 is 4.92 Å². The first-order valence-corrected chi connectivity index (χ1v) is 10.6. The van der Waals surface area contributed by atoms with Gasteiger partial charge in [0.2, 0.25) is 5.91 Å². The number of hydrogen-bond donors (Lipinski definition) is 0. The Labute approximate surface area is 169 Å². The van der Waals surface area contributed by atoms with Crippen molar-refractivity contribution in [1.82, 2.24) is 9.47 Å². The van der Waals surface area contributed by atoms with Gasteiger partial charge < -0.3 is 9.47 Å². The molecule has 1 aliphatic heterocycles. The lowest BCUT2D eigenvalue weighted by atomic mass is 10.3. The van der Waals surface area contributed by atoms with Crippen molar-refractivity contribution in [1.29, 1.82) is 0 Å². The summed E-state index contributed by atoms with van der Waals surface area (Å²) in [4.78, 5) is 41.1. The molecule has 1 saturated heterocycles. The molecule has 0 bridgehead atoms. The zero-order chi connectivity index (χ0) is 20.1. The molecule has 3 rings (SSSR count). The summed E-state index contributed by atoms with van der Waals surface area (Å²) in [6.07, 6.45) is 7.48. The van der Waals surface area contributed by atoms with Crippen LogP contribution in [0.15, 0.2) is 23.2 Å². The molecule has 0 unspecified atom stereocenters. The van der Waals surface area contributed by atoms with Crippen LogP contribution in [0.4, 0.5) is 5.69 Å². The number of carbonyl (C=O) groups is 2. The van der Waals surface area contributed by atoms with E-state index in [1.807, 2.05) is 4.90 Å². The minimum Gasteiger partial charge on any atom is -0.342 e. The van der Waals surface area contributed by atoms with E-state index in [-0.39, 0.29) is 35.6 Å². The Morgan fingerprint density at radius 1 is 1.32 bits per heavy atom. The molecular weight excluding hydrogens is 400 g/mol. The van der Waals surface area contributed by atoms with Crippen LogP contribution in [0.2, 0.25) is 0 Å². The highest BCUT2D eigenvalue weighted by Crippen LogP contribution is 2.23. The van der Waals surface area contributed by atoms with E-state index in [0.717, 1.165) is 25.9 Å². The van der Waals surface area contributed by atoms with E-state index in [4.69, 9.17) is 6.42 Å². The smallest absolute Gasteiger partial charge is 0.270 e. The van der Waals surface area contributed by atoms with Gasteiger partial charge in [-0.25, -0.2) is 0 Å². The normalized spacial score (nSPS) is 14.4. The first-order valence-electron chi connectivity index (χ1n) is 8.64. The predicted molar refractivity (Wildman–Crippen MR) is 109 cm³/mol. The summed E-state index contributed by atoms with van der Waals surface area (Å²) >= 11 is 2.41. The molecule has 10 heteroatoms. The van der Waals surface area contributed by atoms with Crippen molar-refractivity contribution in [2.45, 2.75) is 19.4 Å². The van der Waals surface area contributed by atoms with Crippen molar-refractivity contribution >= 4 is 50.8 Å². The molecule has 0 spiro atoms. The predicted octanol–water partition coefficient (Wildman–Crippen LogP) is 2.03. The maximum absolute atomic E-state index is 12.2. The van der Waals surface area contributed by atoms with Crippen LogP contribution in [0.1, 0.15) is 12.8 Å². The van der Waals surface area contributed by atoms with Crippen molar-refractivity contribution in [2.24, 2.45) is 4.99 Å². The van der Waals surface area contributed by atoms with Crippen LogP contribution < -0.4 is 4.80 Å². The van der Waals surface area contributed by atoms with Crippen LogP contribution in [0.3, 0.4) is 0 Å². The number of thioether (sulfide) groups is 1. The molecule has 1 fully saturated rings. The van der Waals surface area contributed by atoms with Gasteiger partial charge in [-0.05, 0) is 18.9 Å². The number of terminal acetylenes is 1. The largest absolute Gasteiger partial charge is 0.342 e. The quantitative estimate of drug-likeness (QED) is 0.406. The van der Waals surface area contributed by atoms with Crippen LogP contribution in [0, 0.1) is 22.5 Å². The molecule has 8 nitrogen and oxygen atoms in total. The third-order valence-electron chi connectivity index (χ3n) is 4.26. The van der Waals surface area contributed by atoms with Crippen molar-refractivity contribution in [3.8, 4) is 12.3 Å². The van der Waals surface area contributed by atoms with Crippen LogP contribution >= 0.6 is 23.1 Å². The Morgan fingerprint density at radius 3 is 2.75 bits per heavy atom. The molecule has 1 aromatic heterocycles. The molecular formula is C18H18N4O4S2. The summed E-state index contributed by atoms with van der Waals surface area (Å²) < 4.78 is 2.31. The molecule has 2 amide bonds. The van der Waals surface area contributed by atoms with E-state index >= 15 is 0 Å². The standard InChI is InChI=1S/C18H18N4O4S2/c1-2-7-21-14-6-5-13(22(25)26)10-15(14)28-18(21)19-16(23)11-27-12-17(24)20-8-3-4-9-20/h1,5-6,10H,3-4,7-9,11-12H2. The molecule has 2 heterocycles. The first kappa shape index (κ1) is 20.1.